The fourth-order valence-corrected chi connectivity index (χ4v) is 1.71. The predicted molar refractivity (Wildman–Crippen MR) is 49.3 cm³/mol. The summed E-state index contributed by atoms with van der Waals surface area (Å²) in [6.07, 6.45) is -1.27. The van der Waals surface area contributed by atoms with Gasteiger partial charge in [-0.3, -0.25) is 4.79 Å². The Balaban J connectivity index is 2.56. The SMILES string of the molecule is CCOC(=O)[C@@H]1C[C@H](O)[C@H](O)C[C@@H]1N. The van der Waals surface area contributed by atoms with Crippen molar-refractivity contribution in [1.29, 1.82) is 0 Å². The lowest BCUT2D eigenvalue weighted by molar-refractivity contribution is -0.153. The van der Waals surface area contributed by atoms with Gasteiger partial charge in [0.25, 0.3) is 0 Å². The van der Waals surface area contributed by atoms with Crippen LogP contribution < -0.4 is 5.73 Å². The zero-order chi connectivity index (χ0) is 10.7. The van der Waals surface area contributed by atoms with Gasteiger partial charge in [-0.05, 0) is 19.8 Å². The Morgan fingerprint density at radius 1 is 1.43 bits per heavy atom. The first-order valence-corrected chi connectivity index (χ1v) is 4.84. The predicted octanol–water partition coefficient (Wildman–Crippen LogP) is -0.991. The molecule has 0 bridgehead atoms. The van der Waals surface area contributed by atoms with Crippen molar-refractivity contribution in [2.75, 3.05) is 6.61 Å². The number of nitrogens with two attached hydrogens (primary N) is 1. The lowest BCUT2D eigenvalue weighted by Gasteiger charge is -2.33. The number of aliphatic hydroxyl groups excluding tert-OH is 2. The van der Waals surface area contributed by atoms with Gasteiger partial charge < -0.3 is 20.7 Å². The van der Waals surface area contributed by atoms with Crippen molar-refractivity contribution in [3.63, 3.8) is 0 Å². The molecule has 82 valence electrons. The molecule has 0 heterocycles. The van der Waals surface area contributed by atoms with Crippen LogP contribution >= 0.6 is 0 Å². The number of esters is 1. The van der Waals surface area contributed by atoms with Crippen LogP contribution in [0.25, 0.3) is 0 Å². The Bertz CT molecular complexity index is 209. The van der Waals surface area contributed by atoms with E-state index in [4.69, 9.17) is 10.5 Å². The molecule has 14 heavy (non-hydrogen) atoms. The molecule has 0 aromatic carbocycles. The zero-order valence-corrected chi connectivity index (χ0v) is 8.22. The van der Waals surface area contributed by atoms with Crippen LogP contribution in [-0.4, -0.2) is 41.0 Å². The second kappa shape index (κ2) is 4.72. The highest BCUT2D eigenvalue weighted by atomic mass is 16.5. The highest BCUT2D eigenvalue weighted by Gasteiger charge is 2.38. The molecule has 0 spiro atoms. The molecule has 0 aliphatic heterocycles. The van der Waals surface area contributed by atoms with Crippen LogP contribution in [0.4, 0.5) is 0 Å². The largest absolute Gasteiger partial charge is 0.466 e. The topological polar surface area (TPSA) is 92.8 Å². The molecule has 5 heteroatoms. The molecule has 0 unspecified atom stereocenters. The standard InChI is InChI=1S/C9H17NO4/c1-2-14-9(13)5-3-7(11)8(12)4-6(5)10/h5-8,11-12H,2-4,10H2,1H3/t5-,6+,7+,8-/m1/s1. The van der Waals surface area contributed by atoms with Gasteiger partial charge in [-0.2, -0.15) is 0 Å². The summed E-state index contributed by atoms with van der Waals surface area (Å²) in [5.74, 6) is -0.876. The molecule has 0 amide bonds. The summed E-state index contributed by atoms with van der Waals surface area (Å²) in [4.78, 5) is 11.4. The van der Waals surface area contributed by atoms with E-state index in [2.05, 4.69) is 0 Å². The van der Waals surface area contributed by atoms with E-state index < -0.39 is 24.2 Å². The van der Waals surface area contributed by atoms with E-state index >= 15 is 0 Å². The molecule has 1 aliphatic carbocycles. The fraction of sp³-hybridized carbons (Fsp3) is 0.889. The minimum Gasteiger partial charge on any atom is -0.466 e. The Labute approximate surface area is 82.9 Å². The molecule has 0 aromatic heterocycles. The van der Waals surface area contributed by atoms with Crippen LogP contribution in [-0.2, 0) is 9.53 Å². The van der Waals surface area contributed by atoms with E-state index in [9.17, 15) is 15.0 Å². The first kappa shape index (κ1) is 11.4. The van der Waals surface area contributed by atoms with E-state index in [1.807, 2.05) is 0 Å². The maximum absolute atomic E-state index is 11.4. The average Bonchev–Trinajstić information content (AvgIpc) is 2.11. The Hall–Kier alpha value is -0.650. The number of hydrogen-bond acceptors (Lipinski definition) is 5. The molecule has 0 radical (unpaired) electrons. The quantitative estimate of drug-likeness (QED) is 0.501. The highest BCUT2D eigenvalue weighted by molar-refractivity contribution is 5.73. The Kier molecular flexibility index (Phi) is 3.86. The molecule has 5 nitrogen and oxygen atoms in total. The molecule has 1 aliphatic rings. The van der Waals surface area contributed by atoms with Crippen LogP contribution in [0.15, 0.2) is 0 Å². The van der Waals surface area contributed by atoms with Crippen molar-refractivity contribution in [2.24, 2.45) is 11.7 Å². The summed E-state index contributed by atoms with van der Waals surface area (Å²) in [6, 6.07) is -0.424. The monoisotopic (exact) mass is 203 g/mol. The van der Waals surface area contributed by atoms with Crippen molar-refractivity contribution in [3.05, 3.63) is 0 Å². The van der Waals surface area contributed by atoms with E-state index in [0.29, 0.717) is 6.61 Å². The van der Waals surface area contributed by atoms with Crippen LogP contribution in [0.3, 0.4) is 0 Å². The third kappa shape index (κ3) is 2.43. The first-order chi connectivity index (χ1) is 6.56. The van der Waals surface area contributed by atoms with Gasteiger partial charge in [-0.25, -0.2) is 0 Å². The Morgan fingerprint density at radius 3 is 2.57 bits per heavy atom. The Morgan fingerprint density at radius 2 is 2.00 bits per heavy atom. The summed E-state index contributed by atoms with van der Waals surface area (Å²) < 4.78 is 4.82. The van der Waals surface area contributed by atoms with Gasteiger partial charge in [0.15, 0.2) is 0 Å². The maximum Gasteiger partial charge on any atom is 0.310 e. The average molecular weight is 203 g/mol. The number of ether oxygens (including phenoxy) is 1. The smallest absolute Gasteiger partial charge is 0.310 e. The van der Waals surface area contributed by atoms with Gasteiger partial charge in [-0.15, -0.1) is 0 Å². The van der Waals surface area contributed by atoms with Crippen LogP contribution in [0.1, 0.15) is 19.8 Å². The van der Waals surface area contributed by atoms with Gasteiger partial charge in [0.1, 0.15) is 0 Å². The fourth-order valence-electron chi connectivity index (χ4n) is 1.71. The number of carbonyl (C=O) groups is 1. The molecule has 1 saturated carbocycles. The van der Waals surface area contributed by atoms with Crippen molar-refractivity contribution in [2.45, 2.75) is 38.0 Å². The van der Waals surface area contributed by atoms with E-state index in [1.165, 1.54) is 0 Å². The third-order valence-corrected chi connectivity index (χ3v) is 2.56. The second-order valence-corrected chi connectivity index (χ2v) is 3.63. The summed E-state index contributed by atoms with van der Waals surface area (Å²) in [5, 5.41) is 18.7. The van der Waals surface area contributed by atoms with Gasteiger partial charge in [0.2, 0.25) is 0 Å². The van der Waals surface area contributed by atoms with Gasteiger partial charge in [-0.1, -0.05) is 0 Å². The summed E-state index contributed by atoms with van der Waals surface area (Å²) in [5.41, 5.74) is 5.69. The molecule has 1 rings (SSSR count). The number of aliphatic hydroxyl groups is 2. The van der Waals surface area contributed by atoms with Crippen LogP contribution in [0.5, 0.6) is 0 Å². The summed E-state index contributed by atoms with van der Waals surface area (Å²) in [7, 11) is 0. The van der Waals surface area contributed by atoms with E-state index in [0.717, 1.165) is 0 Å². The lowest BCUT2D eigenvalue weighted by atomic mass is 9.81. The van der Waals surface area contributed by atoms with Crippen molar-refractivity contribution >= 4 is 5.97 Å². The van der Waals surface area contributed by atoms with Crippen LogP contribution in [0.2, 0.25) is 0 Å². The molecular weight excluding hydrogens is 186 g/mol. The molecule has 4 atom stereocenters. The molecular formula is C9H17NO4. The zero-order valence-electron chi connectivity index (χ0n) is 8.22. The number of carbonyl (C=O) groups excluding carboxylic acids is 1. The van der Waals surface area contributed by atoms with Crippen molar-refractivity contribution in [1.82, 2.24) is 0 Å². The van der Waals surface area contributed by atoms with Gasteiger partial charge in [0.05, 0.1) is 24.7 Å². The molecule has 0 saturated heterocycles. The van der Waals surface area contributed by atoms with E-state index in [1.54, 1.807) is 6.92 Å². The second-order valence-electron chi connectivity index (χ2n) is 3.63. The minimum absolute atomic E-state index is 0.182. The van der Waals surface area contributed by atoms with Gasteiger partial charge in [0, 0.05) is 6.04 Å². The van der Waals surface area contributed by atoms with Gasteiger partial charge >= 0.3 is 5.97 Å². The molecule has 4 N–H and O–H groups in total. The van der Waals surface area contributed by atoms with E-state index in [-0.39, 0.29) is 18.8 Å². The molecule has 1 fully saturated rings. The normalized spacial score (nSPS) is 38.0. The highest BCUT2D eigenvalue weighted by Crippen LogP contribution is 2.25. The first-order valence-electron chi connectivity index (χ1n) is 4.84. The van der Waals surface area contributed by atoms with Crippen molar-refractivity contribution in [3.8, 4) is 0 Å². The van der Waals surface area contributed by atoms with Crippen LogP contribution in [0, 0.1) is 5.92 Å². The maximum atomic E-state index is 11.4. The third-order valence-electron chi connectivity index (χ3n) is 2.56. The number of hydrogen-bond donors (Lipinski definition) is 3. The van der Waals surface area contributed by atoms with Crippen molar-refractivity contribution < 1.29 is 19.7 Å². The molecule has 0 aromatic rings. The summed E-state index contributed by atoms with van der Waals surface area (Å²) in [6.45, 7) is 2.03. The minimum atomic E-state index is -0.871. The summed E-state index contributed by atoms with van der Waals surface area (Å²) >= 11 is 0. The lowest BCUT2D eigenvalue weighted by Crippen LogP contribution is -2.49. The number of rotatable bonds is 2.